The van der Waals surface area contributed by atoms with E-state index < -0.39 is 10.1 Å². The van der Waals surface area contributed by atoms with E-state index in [1.807, 2.05) is 63.1 Å². The zero-order valence-electron chi connectivity index (χ0n) is 17.5. The van der Waals surface area contributed by atoms with E-state index in [1.165, 1.54) is 0 Å². The van der Waals surface area contributed by atoms with Gasteiger partial charge in [0.15, 0.2) is 0 Å². The average Bonchev–Trinajstić information content (AvgIpc) is 2.87. The predicted molar refractivity (Wildman–Crippen MR) is 111 cm³/mol. The summed E-state index contributed by atoms with van der Waals surface area (Å²) in [4.78, 5) is 0. The zero-order chi connectivity index (χ0) is 20.8. The molecule has 1 aromatic heterocycles. The van der Waals surface area contributed by atoms with Crippen molar-refractivity contribution in [1.29, 1.82) is 0 Å². The number of aromatic nitrogens is 2. The molecule has 0 unspecified atom stereocenters. The minimum Gasteiger partial charge on any atom is -0.308 e. The van der Waals surface area contributed by atoms with E-state index in [1.54, 1.807) is 0 Å². The van der Waals surface area contributed by atoms with Crippen molar-refractivity contribution in [3.63, 3.8) is 0 Å². The van der Waals surface area contributed by atoms with E-state index in [4.69, 9.17) is 4.18 Å². The van der Waals surface area contributed by atoms with Crippen LogP contribution in [0, 0.1) is 41.5 Å². The van der Waals surface area contributed by atoms with Crippen LogP contribution in [0.1, 0.15) is 33.4 Å². The first kappa shape index (κ1) is 20.1. The van der Waals surface area contributed by atoms with Crippen LogP contribution in [0.4, 0.5) is 0 Å². The zero-order valence-corrected chi connectivity index (χ0v) is 18.3. The summed E-state index contributed by atoms with van der Waals surface area (Å²) < 4.78 is 33.2. The Kier molecular flexibility index (Phi) is 5.10. The molecule has 0 saturated carbocycles. The molecule has 0 fully saturated rings. The second-order valence-electron chi connectivity index (χ2n) is 7.60. The highest BCUT2D eigenvalue weighted by molar-refractivity contribution is 7.86. The van der Waals surface area contributed by atoms with Crippen molar-refractivity contribution in [1.82, 2.24) is 4.57 Å². The first-order valence-corrected chi connectivity index (χ1v) is 11.0. The van der Waals surface area contributed by atoms with Crippen LogP contribution >= 0.6 is 0 Å². The smallest absolute Gasteiger partial charge is 0.308 e. The molecule has 0 N–H and O–H groups in total. The lowest BCUT2D eigenvalue weighted by Crippen LogP contribution is -2.34. The summed E-state index contributed by atoms with van der Waals surface area (Å²) in [6.07, 6.45) is 4.77. The summed E-state index contributed by atoms with van der Waals surface area (Å²) in [6, 6.07) is 8.57. The Labute approximate surface area is 167 Å². The van der Waals surface area contributed by atoms with Gasteiger partial charge in [-0.05, 0) is 63.8 Å². The van der Waals surface area contributed by atoms with Gasteiger partial charge in [0.05, 0.1) is 6.26 Å². The van der Waals surface area contributed by atoms with Crippen LogP contribution in [-0.2, 0) is 10.1 Å². The number of nitrogens with zero attached hydrogens (tertiary/aromatic N) is 2. The molecule has 0 aliphatic heterocycles. The summed E-state index contributed by atoms with van der Waals surface area (Å²) in [6.45, 7) is 12.2. The van der Waals surface area contributed by atoms with Crippen molar-refractivity contribution in [3.8, 4) is 17.4 Å². The fourth-order valence-corrected chi connectivity index (χ4v) is 4.47. The van der Waals surface area contributed by atoms with Crippen molar-refractivity contribution in [2.75, 3.05) is 6.26 Å². The molecule has 0 aliphatic rings. The Morgan fingerprint density at radius 2 is 1.29 bits per heavy atom. The third-order valence-corrected chi connectivity index (χ3v) is 5.21. The van der Waals surface area contributed by atoms with Gasteiger partial charge in [-0.25, -0.2) is 0 Å². The fourth-order valence-electron chi connectivity index (χ4n) is 4.04. The maximum atomic E-state index is 12.1. The van der Waals surface area contributed by atoms with Gasteiger partial charge in [-0.15, -0.1) is 0 Å². The van der Waals surface area contributed by atoms with Crippen LogP contribution in [0.3, 0.4) is 0 Å². The van der Waals surface area contributed by atoms with Crippen molar-refractivity contribution >= 4 is 10.1 Å². The Hall–Kier alpha value is -2.60. The monoisotopic (exact) mass is 399 g/mol. The molecule has 0 atom stereocenters. The minimum atomic E-state index is -3.72. The Bertz CT molecular complexity index is 1050. The highest BCUT2D eigenvalue weighted by Crippen LogP contribution is 2.27. The molecule has 5 nitrogen and oxygen atoms in total. The molecule has 148 valence electrons. The lowest BCUT2D eigenvalue weighted by molar-refractivity contribution is -0.600. The first-order chi connectivity index (χ1) is 13.0. The molecule has 0 aliphatic carbocycles. The van der Waals surface area contributed by atoms with Crippen LogP contribution in [0.15, 0.2) is 36.7 Å². The number of hydrogen-bond donors (Lipinski definition) is 0. The molecule has 0 amide bonds. The van der Waals surface area contributed by atoms with Crippen LogP contribution < -0.4 is 8.75 Å². The van der Waals surface area contributed by atoms with Gasteiger partial charge >= 0.3 is 16.1 Å². The van der Waals surface area contributed by atoms with Gasteiger partial charge in [0.1, 0.15) is 23.8 Å². The van der Waals surface area contributed by atoms with E-state index in [0.717, 1.165) is 51.0 Å². The van der Waals surface area contributed by atoms with Crippen molar-refractivity contribution in [2.24, 2.45) is 0 Å². The van der Waals surface area contributed by atoms with Crippen molar-refractivity contribution in [3.05, 3.63) is 70.0 Å². The van der Waals surface area contributed by atoms with E-state index in [0.29, 0.717) is 0 Å². The lowest BCUT2D eigenvalue weighted by Gasteiger charge is -2.12. The number of aryl methyl sites for hydroxylation is 6. The molecule has 3 rings (SSSR count). The Balaban J connectivity index is 2.34. The molecule has 0 bridgehead atoms. The van der Waals surface area contributed by atoms with Crippen LogP contribution in [0.25, 0.3) is 11.4 Å². The van der Waals surface area contributed by atoms with Gasteiger partial charge in [0.2, 0.25) is 0 Å². The van der Waals surface area contributed by atoms with Gasteiger partial charge in [-0.1, -0.05) is 35.4 Å². The third kappa shape index (κ3) is 3.83. The topological polar surface area (TPSA) is 52.2 Å². The lowest BCUT2D eigenvalue weighted by atomic mass is 10.0. The van der Waals surface area contributed by atoms with Gasteiger partial charge in [0, 0.05) is 0 Å². The van der Waals surface area contributed by atoms with Crippen LogP contribution in [0.2, 0.25) is 0 Å². The third-order valence-electron chi connectivity index (χ3n) is 4.76. The molecule has 6 heteroatoms. The number of benzene rings is 2. The standard InChI is InChI=1S/C22H27N2O3S/c1-14-10-16(3)20(17(4)11-14)23-8-9-24(22(23)27-28(7,25)26)21-18(5)12-15(2)13-19(21)6/h8-13H,1-7H3/q+1. The van der Waals surface area contributed by atoms with Gasteiger partial charge in [-0.3, -0.25) is 0 Å². The molecular formula is C22H27N2O3S+. The predicted octanol–water partition coefficient (Wildman–Crippen LogP) is 3.94. The molecular weight excluding hydrogens is 372 g/mol. The average molecular weight is 400 g/mol. The van der Waals surface area contributed by atoms with Crippen LogP contribution in [-0.4, -0.2) is 19.2 Å². The van der Waals surface area contributed by atoms with Crippen LogP contribution in [0.5, 0.6) is 6.01 Å². The molecule has 28 heavy (non-hydrogen) atoms. The van der Waals surface area contributed by atoms with Gasteiger partial charge < -0.3 is 4.18 Å². The summed E-state index contributed by atoms with van der Waals surface area (Å²) >= 11 is 0. The van der Waals surface area contributed by atoms with Gasteiger partial charge in [-0.2, -0.15) is 17.6 Å². The number of hydrogen-bond acceptors (Lipinski definition) is 3. The first-order valence-electron chi connectivity index (χ1n) is 9.17. The number of rotatable bonds is 4. The molecule has 3 aromatic rings. The largest absolute Gasteiger partial charge is 0.482 e. The second kappa shape index (κ2) is 7.09. The SMILES string of the molecule is Cc1cc(C)c(-n2cc[n+](-c3c(C)cc(C)cc3C)c2OS(C)(=O)=O)c(C)c1. The summed E-state index contributed by atoms with van der Waals surface area (Å²) in [5.74, 6) is 0. The fraction of sp³-hybridized carbons (Fsp3) is 0.318. The highest BCUT2D eigenvalue weighted by atomic mass is 32.2. The van der Waals surface area contributed by atoms with E-state index in [-0.39, 0.29) is 6.01 Å². The Morgan fingerprint density at radius 1 is 0.821 bits per heavy atom. The molecule has 1 heterocycles. The summed E-state index contributed by atoms with van der Waals surface area (Å²) in [5.41, 5.74) is 8.37. The van der Waals surface area contributed by atoms with E-state index >= 15 is 0 Å². The quantitative estimate of drug-likeness (QED) is 0.493. The maximum Gasteiger partial charge on any atom is 0.482 e. The Morgan fingerprint density at radius 3 is 1.75 bits per heavy atom. The summed E-state index contributed by atoms with van der Waals surface area (Å²) in [7, 11) is -3.72. The normalized spacial score (nSPS) is 11.7. The molecule has 0 spiro atoms. The number of imidazole rings is 1. The summed E-state index contributed by atoms with van der Waals surface area (Å²) in [5, 5.41) is 0. The van der Waals surface area contributed by atoms with Gasteiger partial charge in [0.25, 0.3) is 0 Å². The van der Waals surface area contributed by atoms with Crippen molar-refractivity contribution in [2.45, 2.75) is 41.5 Å². The second-order valence-corrected chi connectivity index (χ2v) is 9.18. The molecule has 0 radical (unpaired) electrons. The molecule has 0 saturated heterocycles. The minimum absolute atomic E-state index is 0.243. The molecule has 2 aromatic carbocycles. The van der Waals surface area contributed by atoms with E-state index in [2.05, 4.69) is 24.3 Å². The van der Waals surface area contributed by atoms with Crippen molar-refractivity contribution < 1.29 is 17.2 Å². The van der Waals surface area contributed by atoms with E-state index in [9.17, 15) is 8.42 Å². The maximum absolute atomic E-state index is 12.1. The highest BCUT2D eigenvalue weighted by Gasteiger charge is 2.29.